The third-order valence-electron chi connectivity index (χ3n) is 3.44. The maximum absolute atomic E-state index is 12.7. The fourth-order valence-electron chi connectivity index (χ4n) is 2.23. The van der Waals surface area contributed by atoms with E-state index in [0.717, 1.165) is 12.1 Å². The van der Waals surface area contributed by atoms with Gasteiger partial charge in [0.05, 0.1) is 5.56 Å². The Labute approximate surface area is 147 Å². The summed E-state index contributed by atoms with van der Waals surface area (Å²) in [7, 11) is 0. The van der Waals surface area contributed by atoms with Gasteiger partial charge in [0, 0.05) is 18.9 Å². The molecule has 0 bridgehead atoms. The summed E-state index contributed by atoms with van der Waals surface area (Å²) in [6.45, 7) is 0.401. The number of anilines is 3. The van der Waals surface area contributed by atoms with Crippen molar-refractivity contribution in [2.45, 2.75) is 12.6 Å². The number of aromatic nitrogens is 4. The molecule has 0 aliphatic heterocycles. The molecule has 26 heavy (non-hydrogen) atoms. The minimum Gasteiger partial charge on any atom is -0.354 e. The van der Waals surface area contributed by atoms with Gasteiger partial charge in [-0.05, 0) is 30.2 Å². The summed E-state index contributed by atoms with van der Waals surface area (Å²) in [5.74, 6) is 1.50. The average Bonchev–Trinajstić information content (AvgIpc) is 2.63. The highest BCUT2D eigenvalue weighted by molar-refractivity contribution is 5.51. The molecule has 0 saturated heterocycles. The van der Waals surface area contributed by atoms with Crippen LogP contribution in [0.15, 0.2) is 55.1 Å². The van der Waals surface area contributed by atoms with Crippen LogP contribution in [0.4, 0.5) is 30.8 Å². The summed E-state index contributed by atoms with van der Waals surface area (Å²) >= 11 is 0. The highest BCUT2D eigenvalue weighted by Gasteiger charge is 2.30. The molecule has 3 aromatic rings. The Morgan fingerprint density at radius 3 is 2.58 bits per heavy atom. The van der Waals surface area contributed by atoms with Crippen molar-refractivity contribution >= 4 is 17.6 Å². The van der Waals surface area contributed by atoms with Crippen LogP contribution in [0.2, 0.25) is 0 Å². The van der Waals surface area contributed by atoms with Crippen molar-refractivity contribution in [1.29, 1.82) is 0 Å². The number of halogens is 3. The lowest BCUT2D eigenvalue weighted by Gasteiger charge is -2.10. The SMILES string of the molecule is FC(F)(F)c1cccc(CCNc2nccc(Nc3ccncn3)n2)c1. The Hall–Kier alpha value is -3.23. The summed E-state index contributed by atoms with van der Waals surface area (Å²) in [4.78, 5) is 16.2. The normalized spacial score (nSPS) is 11.2. The minimum absolute atomic E-state index is 0.371. The molecule has 1 aromatic carbocycles. The lowest BCUT2D eigenvalue weighted by Crippen LogP contribution is -2.10. The molecule has 0 unspecified atom stereocenters. The number of nitrogens with one attached hydrogen (secondary N) is 2. The molecular weight excluding hydrogens is 345 g/mol. The molecule has 134 valence electrons. The Kier molecular flexibility index (Phi) is 5.26. The van der Waals surface area contributed by atoms with Gasteiger partial charge < -0.3 is 10.6 Å². The number of hydrogen-bond acceptors (Lipinski definition) is 6. The van der Waals surface area contributed by atoms with Crippen LogP contribution in [0.25, 0.3) is 0 Å². The molecule has 0 amide bonds. The van der Waals surface area contributed by atoms with Crippen LogP contribution in [0.1, 0.15) is 11.1 Å². The van der Waals surface area contributed by atoms with Crippen LogP contribution in [0.5, 0.6) is 0 Å². The lowest BCUT2D eigenvalue weighted by atomic mass is 10.1. The Morgan fingerprint density at radius 2 is 1.81 bits per heavy atom. The van der Waals surface area contributed by atoms with Crippen molar-refractivity contribution in [2.75, 3.05) is 17.2 Å². The van der Waals surface area contributed by atoms with E-state index in [-0.39, 0.29) is 0 Å². The molecule has 0 fully saturated rings. The predicted octanol–water partition coefficient (Wildman–Crippen LogP) is 3.68. The molecule has 0 saturated carbocycles. The van der Waals surface area contributed by atoms with E-state index in [0.29, 0.717) is 36.1 Å². The Morgan fingerprint density at radius 1 is 0.962 bits per heavy atom. The van der Waals surface area contributed by atoms with Gasteiger partial charge in [0.15, 0.2) is 0 Å². The zero-order valence-electron chi connectivity index (χ0n) is 13.5. The van der Waals surface area contributed by atoms with Gasteiger partial charge >= 0.3 is 6.18 Å². The van der Waals surface area contributed by atoms with E-state index in [9.17, 15) is 13.2 Å². The van der Waals surface area contributed by atoms with Gasteiger partial charge in [0.25, 0.3) is 0 Å². The molecule has 2 N–H and O–H groups in total. The fourth-order valence-corrected chi connectivity index (χ4v) is 2.23. The van der Waals surface area contributed by atoms with E-state index in [1.807, 2.05) is 0 Å². The molecule has 2 aromatic heterocycles. The highest BCUT2D eigenvalue weighted by Crippen LogP contribution is 2.29. The molecule has 2 heterocycles. The maximum Gasteiger partial charge on any atom is 0.416 e. The van der Waals surface area contributed by atoms with E-state index >= 15 is 0 Å². The summed E-state index contributed by atoms with van der Waals surface area (Å²) in [6, 6.07) is 8.65. The lowest BCUT2D eigenvalue weighted by molar-refractivity contribution is -0.137. The maximum atomic E-state index is 12.7. The van der Waals surface area contributed by atoms with Crippen LogP contribution < -0.4 is 10.6 Å². The van der Waals surface area contributed by atoms with Gasteiger partial charge in [-0.2, -0.15) is 18.2 Å². The van der Waals surface area contributed by atoms with Crippen LogP contribution in [0, 0.1) is 0 Å². The first kappa shape index (κ1) is 17.6. The van der Waals surface area contributed by atoms with Gasteiger partial charge in [-0.1, -0.05) is 18.2 Å². The third kappa shape index (κ3) is 4.88. The standard InChI is InChI=1S/C17H15F3N6/c18-17(19,20)13-3-1-2-12(10-13)4-8-22-16-23-9-6-15(26-16)25-14-5-7-21-11-24-14/h1-3,5-7,9-11H,4,8H2,(H2,21,22,23,24,25,26). The molecular formula is C17H15F3N6. The van der Waals surface area contributed by atoms with Crippen LogP contribution >= 0.6 is 0 Å². The third-order valence-corrected chi connectivity index (χ3v) is 3.44. The van der Waals surface area contributed by atoms with Crippen molar-refractivity contribution < 1.29 is 13.2 Å². The fraction of sp³-hybridized carbons (Fsp3) is 0.176. The van der Waals surface area contributed by atoms with Crippen LogP contribution in [0.3, 0.4) is 0 Å². The van der Waals surface area contributed by atoms with Crippen molar-refractivity contribution in [2.24, 2.45) is 0 Å². The van der Waals surface area contributed by atoms with Gasteiger partial charge in [-0.25, -0.2) is 15.0 Å². The van der Waals surface area contributed by atoms with E-state index in [2.05, 4.69) is 30.6 Å². The van der Waals surface area contributed by atoms with Crippen molar-refractivity contribution in [3.05, 3.63) is 66.2 Å². The monoisotopic (exact) mass is 360 g/mol. The molecule has 0 spiro atoms. The smallest absolute Gasteiger partial charge is 0.354 e. The van der Waals surface area contributed by atoms with E-state index in [1.165, 1.54) is 12.4 Å². The van der Waals surface area contributed by atoms with Crippen molar-refractivity contribution in [3.8, 4) is 0 Å². The van der Waals surface area contributed by atoms with Crippen LogP contribution in [-0.4, -0.2) is 26.5 Å². The first-order valence-electron chi connectivity index (χ1n) is 7.77. The zero-order chi connectivity index (χ0) is 18.4. The average molecular weight is 360 g/mol. The summed E-state index contributed by atoms with van der Waals surface area (Å²) in [6.07, 6.45) is 0.663. The Balaban J connectivity index is 1.58. The van der Waals surface area contributed by atoms with Gasteiger partial charge in [0.1, 0.15) is 18.0 Å². The highest BCUT2D eigenvalue weighted by atomic mass is 19.4. The number of rotatable bonds is 6. The summed E-state index contributed by atoms with van der Waals surface area (Å²) in [5, 5.41) is 6.01. The van der Waals surface area contributed by atoms with Gasteiger partial charge in [0.2, 0.25) is 5.95 Å². The molecule has 0 radical (unpaired) electrons. The number of benzene rings is 1. The quantitative estimate of drug-likeness (QED) is 0.698. The van der Waals surface area contributed by atoms with Gasteiger partial charge in [-0.15, -0.1) is 0 Å². The first-order chi connectivity index (χ1) is 12.5. The van der Waals surface area contributed by atoms with Crippen molar-refractivity contribution in [3.63, 3.8) is 0 Å². The topological polar surface area (TPSA) is 75.6 Å². The van der Waals surface area contributed by atoms with Crippen molar-refractivity contribution in [1.82, 2.24) is 19.9 Å². The largest absolute Gasteiger partial charge is 0.416 e. The second-order valence-corrected chi connectivity index (χ2v) is 5.36. The molecule has 0 atom stereocenters. The zero-order valence-corrected chi connectivity index (χ0v) is 13.5. The predicted molar refractivity (Wildman–Crippen MR) is 91.0 cm³/mol. The number of hydrogen-bond donors (Lipinski definition) is 2. The molecule has 0 aliphatic carbocycles. The molecule has 3 rings (SSSR count). The van der Waals surface area contributed by atoms with E-state index < -0.39 is 11.7 Å². The van der Waals surface area contributed by atoms with E-state index in [4.69, 9.17) is 0 Å². The molecule has 0 aliphatic rings. The van der Waals surface area contributed by atoms with Crippen LogP contribution in [-0.2, 0) is 12.6 Å². The second-order valence-electron chi connectivity index (χ2n) is 5.36. The summed E-state index contributed by atoms with van der Waals surface area (Å²) < 4.78 is 38.2. The number of nitrogens with zero attached hydrogens (tertiary/aromatic N) is 4. The minimum atomic E-state index is -4.34. The second kappa shape index (κ2) is 7.77. The summed E-state index contributed by atoms with van der Waals surface area (Å²) in [5.41, 5.74) is -0.0649. The first-order valence-corrected chi connectivity index (χ1v) is 7.77. The Bertz CT molecular complexity index is 854. The molecule has 9 heteroatoms. The van der Waals surface area contributed by atoms with E-state index in [1.54, 1.807) is 30.6 Å². The molecule has 6 nitrogen and oxygen atoms in total. The number of alkyl halides is 3. The van der Waals surface area contributed by atoms with Gasteiger partial charge in [-0.3, -0.25) is 0 Å².